The van der Waals surface area contributed by atoms with E-state index in [-0.39, 0.29) is 43.8 Å². The molecule has 0 radical (unpaired) electrons. The van der Waals surface area contributed by atoms with E-state index in [9.17, 15) is 18.0 Å². The predicted molar refractivity (Wildman–Crippen MR) is 154 cm³/mol. The Morgan fingerprint density at radius 3 is 2.26 bits per heavy atom. The Labute approximate surface area is 240 Å². The van der Waals surface area contributed by atoms with Gasteiger partial charge in [0.15, 0.2) is 0 Å². The lowest BCUT2D eigenvalue weighted by atomic mass is 9.95. The smallest absolute Gasteiger partial charge is 0.242 e. The number of anilines is 1. The summed E-state index contributed by atoms with van der Waals surface area (Å²) < 4.78 is 26.1. The Hall–Kier alpha value is -2.00. The van der Waals surface area contributed by atoms with E-state index >= 15 is 0 Å². The van der Waals surface area contributed by atoms with Gasteiger partial charge in [-0.3, -0.25) is 13.9 Å². The van der Waals surface area contributed by atoms with Gasteiger partial charge in [-0.25, -0.2) is 8.42 Å². The van der Waals surface area contributed by atoms with Crippen LogP contribution in [0, 0.1) is 0 Å². The van der Waals surface area contributed by atoms with Gasteiger partial charge in [-0.1, -0.05) is 60.1 Å². The molecule has 1 aliphatic rings. The van der Waals surface area contributed by atoms with E-state index in [1.54, 1.807) is 49.4 Å². The Morgan fingerprint density at radius 1 is 1.00 bits per heavy atom. The topological polar surface area (TPSA) is 86.8 Å². The van der Waals surface area contributed by atoms with Gasteiger partial charge in [0.25, 0.3) is 0 Å². The Kier molecular flexibility index (Phi) is 11.2. The molecule has 2 amide bonds. The molecular weight excluding hydrogens is 569 g/mol. The summed E-state index contributed by atoms with van der Waals surface area (Å²) in [4.78, 5) is 28.1. The molecule has 1 N–H and O–H groups in total. The summed E-state index contributed by atoms with van der Waals surface area (Å²) in [5, 5.41) is 4.36. The predicted octanol–water partition coefficient (Wildman–Crippen LogP) is 6.06. The van der Waals surface area contributed by atoms with Crippen molar-refractivity contribution >= 4 is 62.3 Å². The maximum absolute atomic E-state index is 13.5. The van der Waals surface area contributed by atoms with Crippen LogP contribution in [0.1, 0.15) is 57.4 Å². The van der Waals surface area contributed by atoms with Crippen LogP contribution in [-0.2, 0) is 26.2 Å². The van der Waals surface area contributed by atoms with E-state index in [1.807, 2.05) is 0 Å². The number of hydrogen-bond donors (Lipinski definition) is 1. The zero-order valence-corrected chi connectivity index (χ0v) is 24.7. The third kappa shape index (κ3) is 8.76. The van der Waals surface area contributed by atoms with Gasteiger partial charge in [-0.05, 0) is 68.1 Å². The second-order valence-electron chi connectivity index (χ2n) is 9.70. The normalized spacial score (nSPS) is 15.1. The summed E-state index contributed by atoms with van der Waals surface area (Å²) in [6.45, 7) is 1.99. The summed E-state index contributed by atoms with van der Waals surface area (Å²) in [6.07, 6.45) is 6.65. The number of sulfonamides is 1. The second-order valence-corrected chi connectivity index (χ2v) is 12.9. The van der Waals surface area contributed by atoms with Crippen LogP contribution >= 0.6 is 34.8 Å². The highest BCUT2D eigenvalue weighted by Crippen LogP contribution is 2.25. The number of rotatable bonds is 11. The monoisotopic (exact) mass is 601 g/mol. The Morgan fingerprint density at radius 2 is 1.66 bits per heavy atom. The molecule has 38 heavy (non-hydrogen) atoms. The summed E-state index contributed by atoms with van der Waals surface area (Å²) in [6, 6.07) is 11.0. The summed E-state index contributed by atoms with van der Waals surface area (Å²) in [5.74, 6) is -0.462. The molecule has 2 aromatic rings. The first-order valence-electron chi connectivity index (χ1n) is 12.7. The van der Waals surface area contributed by atoms with Gasteiger partial charge < -0.3 is 10.2 Å². The van der Waals surface area contributed by atoms with Gasteiger partial charge in [-0.15, -0.1) is 0 Å². The summed E-state index contributed by atoms with van der Waals surface area (Å²) >= 11 is 18.2. The van der Waals surface area contributed by atoms with Crippen molar-refractivity contribution < 1.29 is 18.0 Å². The first kappa shape index (κ1) is 30.5. The fraction of sp³-hybridized carbons (Fsp3) is 0.481. The second kappa shape index (κ2) is 13.9. The first-order valence-corrected chi connectivity index (χ1v) is 15.7. The third-order valence-electron chi connectivity index (χ3n) is 6.72. The van der Waals surface area contributed by atoms with Crippen molar-refractivity contribution in [3.05, 3.63) is 63.1 Å². The molecule has 1 fully saturated rings. The zero-order chi connectivity index (χ0) is 27.9. The summed E-state index contributed by atoms with van der Waals surface area (Å²) in [7, 11) is -3.58. The van der Waals surface area contributed by atoms with Gasteiger partial charge in [0.05, 0.1) is 22.0 Å². The van der Waals surface area contributed by atoms with E-state index < -0.39 is 16.1 Å². The lowest BCUT2D eigenvalue weighted by molar-refractivity contribution is -0.141. The molecule has 0 unspecified atom stereocenters. The first-order chi connectivity index (χ1) is 18.0. The van der Waals surface area contributed by atoms with Crippen molar-refractivity contribution in [1.29, 1.82) is 0 Å². The molecular formula is C27H34Cl3N3O4S. The molecule has 1 saturated carbocycles. The van der Waals surface area contributed by atoms with Crippen LogP contribution in [0.2, 0.25) is 15.1 Å². The quantitative estimate of drug-likeness (QED) is 0.339. The van der Waals surface area contributed by atoms with Crippen molar-refractivity contribution in [3.8, 4) is 0 Å². The molecule has 1 aliphatic carbocycles. The van der Waals surface area contributed by atoms with Crippen LogP contribution < -0.4 is 9.62 Å². The van der Waals surface area contributed by atoms with Crippen LogP contribution in [-0.4, -0.2) is 50.0 Å². The fourth-order valence-electron chi connectivity index (χ4n) is 4.60. The molecule has 0 heterocycles. The number of carbonyl (C=O) groups excluding carboxylic acids is 2. The van der Waals surface area contributed by atoms with Crippen LogP contribution in [0.15, 0.2) is 42.5 Å². The van der Waals surface area contributed by atoms with Crippen molar-refractivity contribution in [1.82, 2.24) is 10.2 Å². The standard InChI is InChI=1S/C27H34Cl3N3O4S/c1-19(27(35)31-22-7-4-3-5-8-22)32(18-20-10-15-24(29)25(30)17-20)26(34)9-6-16-33(38(2,36)37)23-13-11-21(28)12-14-23/h10-15,17,19,22H,3-9,16,18H2,1-2H3,(H,31,35)/t19-/m1/s1. The maximum atomic E-state index is 13.5. The lowest BCUT2D eigenvalue weighted by Crippen LogP contribution is -2.50. The van der Waals surface area contributed by atoms with E-state index in [2.05, 4.69) is 5.32 Å². The van der Waals surface area contributed by atoms with Crippen LogP contribution in [0.5, 0.6) is 0 Å². The lowest BCUT2D eigenvalue weighted by Gasteiger charge is -2.31. The molecule has 3 rings (SSSR count). The molecule has 7 nitrogen and oxygen atoms in total. The third-order valence-corrected chi connectivity index (χ3v) is 8.91. The average molecular weight is 603 g/mol. The van der Waals surface area contributed by atoms with Gasteiger partial charge >= 0.3 is 0 Å². The fourth-order valence-corrected chi connectivity index (χ4v) is 6.01. The minimum Gasteiger partial charge on any atom is -0.352 e. The average Bonchev–Trinajstić information content (AvgIpc) is 2.87. The zero-order valence-electron chi connectivity index (χ0n) is 21.6. The summed E-state index contributed by atoms with van der Waals surface area (Å²) in [5.41, 5.74) is 1.21. The van der Waals surface area contributed by atoms with Crippen LogP contribution in [0.4, 0.5) is 5.69 Å². The number of hydrogen-bond acceptors (Lipinski definition) is 4. The minimum atomic E-state index is -3.58. The van der Waals surface area contributed by atoms with Gasteiger partial charge in [0, 0.05) is 30.6 Å². The molecule has 1 atom stereocenters. The molecule has 0 bridgehead atoms. The highest BCUT2D eigenvalue weighted by atomic mass is 35.5. The molecule has 11 heteroatoms. The largest absolute Gasteiger partial charge is 0.352 e. The van der Waals surface area contributed by atoms with E-state index in [0.29, 0.717) is 20.8 Å². The molecule has 0 aromatic heterocycles. The van der Waals surface area contributed by atoms with E-state index in [0.717, 1.165) is 37.5 Å². The van der Waals surface area contributed by atoms with Crippen LogP contribution in [0.3, 0.4) is 0 Å². The molecule has 208 valence electrons. The van der Waals surface area contributed by atoms with Crippen molar-refractivity contribution in [2.24, 2.45) is 0 Å². The molecule has 0 spiro atoms. The highest BCUT2D eigenvalue weighted by molar-refractivity contribution is 7.92. The van der Waals surface area contributed by atoms with Crippen LogP contribution in [0.25, 0.3) is 0 Å². The SMILES string of the molecule is C[C@H](C(=O)NC1CCCCC1)N(Cc1ccc(Cl)c(Cl)c1)C(=O)CCCN(c1ccc(Cl)cc1)S(C)(=O)=O. The Balaban J connectivity index is 1.73. The van der Waals surface area contributed by atoms with Gasteiger partial charge in [0.2, 0.25) is 21.8 Å². The maximum Gasteiger partial charge on any atom is 0.242 e. The van der Waals surface area contributed by atoms with Crippen molar-refractivity contribution in [3.63, 3.8) is 0 Å². The number of carbonyl (C=O) groups is 2. The number of nitrogens with one attached hydrogen (secondary N) is 1. The minimum absolute atomic E-state index is 0.0575. The number of benzene rings is 2. The number of halogens is 3. The van der Waals surface area contributed by atoms with Gasteiger partial charge in [0.1, 0.15) is 6.04 Å². The highest BCUT2D eigenvalue weighted by Gasteiger charge is 2.28. The molecule has 2 aromatic carbocycles. The number of amides is 2. The molecule has 0 aliphatic heterocycles. The Bertz CT molecular complexity index is 1220. The van der Waals surface area contributed by atoms with Crippen molar-refractivity contribution in [2.45, 2.75) is 70.5 Å². The van der Waals surface area contributed by atoms with Crippen molar-refractivity contribution in [2.75, 3.05) is 17.1 Å². The van der Waals surface area contributed by atoms with E-state index in [4.69, 9.17) is 34.8 Å². The van der Waals surface area contributed by atoms with Gasteiger partial charge in [-0.2, -0.15) is 0 Å². The van der Waals surface area contributed by atoms with E-state index in [1.165, 1.54) is 15.6 Å². The molecule has 0 saturated heterocycles. The number of nitrogens with zero attached hydrogens (tertiary/aromatic N) is 2.